The summed E-state index contributed by atoms with van der Waals surface area (Å²) in [6, 6.07) is 4.34. The molecule has 0 aromatic carbocycles. The predicted molar refractivity (Wildman–Crippen MR) is 76.4 cm³/mol. The molecular weight excluding hydrogens is 244 g/mol. The lowest BCUT2D eigenvalue weighted by Crippen LogP contribution is -2.50. The van der Waals surface area contributed by atoms with Crippen LogP contribution in [0.25, 0.3) is 0 Å². The maximum atomic E-state index is 6.16. The summed E-state index contributed by atoms with van der Waals surface area (Å²) in [5, 5.41) is 2.10. The molecule has 0 spiro atoms. The van der Waals surface area contributed by atoms with Gasteiger partial charge in [0.05, 0.1) is 11.6 Å². The second kappa shape index (κ2) is 6.15. The van der Waals surface area contributed by atoms with Crippen molar-refractivity contribution in [3.63, 3.8) is 0 Å². The third kappa shape index (κ3) is 2.77. The Kier molecular flexibility index (Phi) is 4.78. The van der Waals surface area contributed by atoms with Crippen molar-refractivity contribution in [2.75, 3.05) is 6.61 Å². The molecule has 2 rings (SSSR count). The Morgan fingerprint density at radius 1 is 1.56 bits per heavy atom. The quantitative estimate of drug-likeness (QED) is 0.636. The molecule has 0 saturated heterocycles. The number of rotatable bonds is 5. The molecule has 1 heterocycles. The van der Waals surface area contributed by atoms with Gasteiger partial charge >= 0.3 is 0 Å². The van der Waals surface area contributed by atoms with Crippen molar-refractivity contribution in [3.8, 4) is 0 Å². The summed E-state index contributed by atoms with van der Waals surface area (Å²) in [6.45, 7) is 5.14. The highest BCUT2D eigenvalue weighted by Gasteiger charge is 2.42. The Bertz CT molecular complexity index is 345. The lowest BCUT2D eigenvalue weighted by atomic mass is 9.75. The monoisotopic (exact) mass is 268 g/mol. The van der Waals surface area contributed by atoms with Crippen molar-refractivity contribution >= 4 is 11.3 Å². The van der Waals surface area contributed by atoms with Gasteiger partial charge in [-0.25, -0.2) is 5.43 Å². The van der Waals surface area contributed by atoms with Crippen LogP contribution in [0.2, 0.25) is 0 Å². The zero-order chi connectivity index (χ0) is 13.0. The molecule has 0 bridgehead atoms. The summed E-state index contributed by atoms with van der Waals surface area (Å²) in [5.74, 6) is 6.63. The zero-order valence-electron chi connectivity index (χ0n) is 11.3. The molecule has 18 heavy (non-hydrogen) atoms. The molecule has 3 N–H and O–H groups in total. The van der Waals surface area contributed by atoms with Crippen LogP contribution in [0.1, 0.15) is 50.4 Å². The molecule has 3 nitrogen and oxygen atoms in total. The van der Waals surface area contributed by atoms with Crippen molar-refractivity contribution in [1.82, 2.24) is 5.43 Å². The predicted octanol–water partition coefficient (Wildman–Crippen LogP) is 3.24. The van der Waals surface area contributed by atoms with Crippen LogP contribution in [0.5, 0.6) is 0 Å². The van der Waals surface area contributed by atoms with Gasteiger partial charge in [-0.05, 0) is 50.0 Å². The molecule has 102 valence electrons. The topological polar surface area (TPSA) is 47.3 Å². The van der Waals surface area contributed by atoms with Crippen LogP contribution >= 0.6 is 11.3 Å². The first kappa shape index (κ1) is 14.0. The van der Waals surface area contributed by atoms with E-state index in [1.54, 1.807) is 11.3 Å². The molecule has 4 heteroatoms. The molecule has 1 unspecified atom stereocenters. The summed E-state index contributed by atoms with van der Waals surface area (Å²) >= 11 is 1.75. The van der Waals surface area contributed by atoms with Crippen molar-refractivity contribution in [2.45, 2.75) is 51.2 Å². The van der Waals surface area contributed by atoms with Gasteiger partial charge in [0.2, 0.25) is 0 Å². The number of thiophene rings is 1. The van der Waals surface area contributed by atoms with Crippen LogP contribution in [0.4, 0.5) is 0 Å². The number of nitrogens with one attached hydrogen (secondary N) is 1. The van der Waals surface area contributed by atoms with Gasteiger partial charge in [-0.2, -0.15) is 0 Å². The van der Waals surface area contributed by atoms with Crippen LogP contribution in [0, 0.1) is 5.92 Å². The highest BCUT2D eigenvalue weighted by Crippen LogP contribution is 2.43. The average molecular weight is 268 g/mol. The molecule has 1 aromatic rings. The van der Waals surface area contributed by atoms with Crippen LogP contribution in [0.15, 0.2) is 17.5 Å². The third-order valence-electron chi connectivity index (χ3n) is 4.07. The Hall–Kier alpha value is -0.420. The number of hydrazine groups is 1. The van der Waals surface area contributed by atoms with Gasteiger partial charge in [0.25, 0.3) is 0 Å². The highest BCUT2D eigenvalue weighted by atomic mass is 32.1. The fourth-order valence-corrected chi connectivity index (χ4v) is 3.89. The minimum atomic E-state index is -0.124. The van der Waals surface area contributed by atoms with Gasteiger partial charge < -0.3 is 4.74 Å². The Morgan fingerprint density at radius 2 is 2.28 bits per heavy atom. The Labute approximate surface area is 114 Å². The zero-order valence-corrected chi connectivity index (χ0v) is 12.1. The van der Waals surface area contributed by atoms with E-state index in [1.165, 1.54) is 17.7 Å². The lowest BCUT2D eigenvalue weighted by molar-refractivity contribution is -0.0969. The smallest absolute Gasteiger partial charge is 0.0897 e. The van der Waals surface area contributed by atoms with E-state index in [9.17, 15) is 0 Å². The fourth-order valence-electron chi connectivity index (χ4n) is 3.00. The van der Waals surface area contributed by atoms with Crippen molar-refractivity contribution in [2.24, 2.45) is 11.8 Å². The van der Waals surface area contributed by atoms with Crippen molar-refractivity contribution in [3.05, 3.63) is 22.4 Å². The number of hydrogen-bond acceptors (Lipinski definition) is 4. The van der Waals surface area contributed by atoms with E-state index in [-0.39, 0.29) is 11.6 Å². The molecule has 1 atom stereocenters. The highest BCUT2D eigenvalue weighted by molar-refractivity contribution is 7.10. The normalized spacial score (nSPS) is 30.3. The van der Waals surface area contributed by atoms with Crippen LogP contribution < -0.4 is 11.3 Å². The average Bonchev–Trinajstić information content (AvgIpc) is 2.88. The van der Waals surface area contributed by atoms with E-state index in [4.69, 9.17) is 10.6 Å². The Morgan fingerprint density at radius 3 is 2.78 bits per heavy atom. The molecule has 1 aromatic heterocycles. The standard InChI is InChI=1S/C14H24N2OS/c1-3-17-14(8-6-11(2)7-9-14)13(16-15)12-5-4-10-18-12/h4-5,10-11,13,16H,3,6-9,15H2,1-2H3. The minimum absolute atomic E-state index is 0.116. The van der Waals surface area contributed by atoms with E-state index in [2.05, 4.69) is 36.8 Å². The molecule has 0 amide bonds. The van der Waals surface area contributed by atoms with Gasteiger partial charge in [0, 0.05) is 11.5 Å². The van der Waals surface area contributed by atoms with E-state index >= 15 is 0 Å². The number of hydrogen-bond donors (Lipinski definition) is 2. The van der Waals surface area contributed by atoms with Gasteiger partial charge in [0.1, 0.15) is 0 Å². The van der Waals surface area contributed by atoms with Gasteiger partial charge in [0.15, 0.2) is 0 Å². The van der Waals surface area contributed by atoms with E-state index in [1.807, 2.05) is 0 Å². The first-order chi connectivity index (χ1) is 8.72. The Balaban J connectivity index is 2.22. The molecule has 0 aliphatic heterocycles. The van der Waals surface area contributed by atoms with Gasteiger partial charge in [-0.1, -0.05) is 13.0 Å². The molecular formula is C14H24N2OS. The van der Waals surface area contributed by atoms with E-state index in [0.717, 1.165) is 25.4 Å². The number of ether oxygens (including phenoxy) is 1. The first-order valence-electron chi connectivity index (χ1n) is 6.85. The maximum absolute atomic E-state index is 6.16. The summed E-state index contributed by atoms with van der Waals surface area (Å²) in [7, 11) is 0. The fraction of sp³-hybridized carbons (Fsp3) is 0.714. The number of nitrogens with two attached hydrogens (primary N) is 1. The van der Waals surface area contributed by atoms with Crippen LogP contribution in [0.3, 0.4) is 0 Å². The van der Waals surface area contributed by atoms with Crippen molar-refractivity contribution < 1.29 is 4.74 Å². The second-order valence-electron chi connectivity index (χ2n) is 5.30. The SMILES string of the molecule is CCOC1(C(NN)c2cccs2)CCC(C)CC1. The lowest BCUT2D eigenvalue weighted by Gasteiger charge is -2.44. The van der Waals surface area contributed by atoms with E-state index < -0.39 is 0 Å². The summed E-state index contributed by atoms with van der Waals surface area (Å²) in [4.78, 5) is 1.28. The summed E-state index contributed by atoms with van der Waals surface area (Å²) < 4.78 is 6.16. The third-order valence-corrected chi connectivity index (χ3v) is 5.01. The van der Waals surface area contributed by atoms with Crippen molar-refractivity contribution in [1.29, 1.82) is 0 Å². The minimum Gasteiger partial charge on any atom is -0.373 e. The first-order valence-corrected chi connectivity index (χ1v) is 7.73. The second-order valence-corrected chi connectivity index (χ2v) is 6.27. The summed E-state index contributed by atoms with van der Waals surface area (Å²) in [5.41, 5.74) is 2.88. The molecule has 1 aliphatic rings. The van der Waals surface area contributed by atoms with Gasteiger partial charge in [-0.3, -0.25) is 5.84 Å². The molecule has 1 saturated carbocycles. The van der Waals surface area contributed by atoms with Crippen LogP contribution in [-0.2, 0) is 4.74 Å². The molecule has 0 radical (unpaired) electrons. The van der Waals surface area contributed by atoms with E-state index in [0.29, 0.717) is 0 Å². The molecule has 1 fully saturated rings. The van der Waals surface area contributed by atoms with Gasteiger partial charge in [-0.15, -0.1) is 11.3 Å². The van der Waals surface area contributed by atoms with Crippen LogP contribution in [-0.4, -0.2) is 12.2 Å². The largest absolute Gasteiger partial charge is 0.373 e. The molecule has 1 aliphatic carbocycles. The maximum Gasteiger partial charge on any atom is 0.0897 e. The summed E-state index contributed by atoms with van der Waals surface area (Å²) in [6.07, 6.45) is 4.64.